The van der Waals surface area contributed by atoms with E-state index in [1.54, 1.807) is 0 Å². The van der Waals surface area contributed by atoms with Crippen molar-refractivity contribution < 1.29 is 46.4 Å². The van der Waals surface area contributed by atoms with Gasteiger partial charge in [-0.05, 0) is 0 Å². The largest absolute Gasteiger partial charge is 1.00 e. The number of hydrogen-bond donors (Lipinski definition) is 0. The molecule has 1 aliphatic carbocycles. The van der Waals surface area contributed by atoms with Crippen LogP contribution in [0.4, 0.5) is 0 Å². The second-order valence-electron chi connectivity index (χ2n) is 6.15. The molecule has 1 aliphatic rings. The summed E-state index contributed by atoms with van der Waals surface area (Å²) in [5.74, 6) is 0. The van der Waals surface area contributed by atoms with Gasteiger partial charge < -0.3 is 24.8 Å². The summed E-state index contributed by atoms with van der Waals surface area (Å²) in [6.45, 7) is 9.08. The molecule has 0 spiro atoms. The minimum Gasteiger partial charge on any atom is -1.00 e. The van der Waals surface area contributed by atoms with E-state index >= 15 is 0 Å². The molecule has 4 heteroatoms. The average Bonchev–Trinajstić information content (AvgIpc) is 2.75. The van der Waals surface area contributed by atoms with E-state index in [2.05, 4.69) is 64.1 Å². The van der Waals surface area contributed by atoms with Crippen LogP contribution in [-0.4, -0.2) is 7.11 Å². The Balaban J connectivity index is 0.00000200. The molecule has 0 saturated heterocycles. The van der Waals surface area contributed by atoms with Crippen LogP contribution in [0, 0.1) is 0 Å². The van der Waals surface area contributed by atoms with Crippen molar-refractivity contribution in [2.75, 3.05) is 7.11 Å². The predicted molar refractivity (Wildman–Crippen MR) is 79.2 cm³/mol. The van der Waals surface area contributed by atoms with Gasteiger partial charge in [0.25, 0.3) is 0 Å². The predicted octanol–water partition coefficient (Wildman–Crippen LogP) is -1.55. The van der Waals surface area contributed by atoms with Crippen molar-refractivity contribution in [1.29, 1.82) is 0 Å². The first kappa shape index (κ1) is 21.0. The molecule has 0 unspecified atom stereocenters. The zero-order chi connectivity index (χ0) is 14.0. The van der Waals surface area contributed by atoms with Gasteiger partial charge in [0.1, 0.15) is 0 Å². The molecule has 115 valence electrons. The fraction of sp³-hybridized carbons (Fsp3) is 0.412. The first-order valence-corrected chi connectivity index (χ1v) is 9.02. The molecule has 0 fully saturated rings. The topological polar surface area (TPSA) is 9.23 Å². The monoisotopic (exact) mass is 361 g/mol. The third-order valence-corrected chi connectivity index (χ3v) is 7.66. The molecule has 0 heterocycles. The summed E-state index contributed by atoms with van der Waals surface area (Å²) in [7, 11) is 1.88. The Hall–Kier alpha value is -0.0457. The number of halogens is 2. The molecule has 0 atom stereocenters. The van der Waals surface area contributed by atoms with Crippen LogP contribution in [0.2, 0.25) is 3.72 Å². The first-order valence-electron chi connectivity index (χ1n) is 6.82. The fourth-order valence-electron chi connectivity index (χ4n) is 2.63. The van der Waals surface area contributed by atoms with Crippen LogP contribution in [0.5, 0.6) is 0 Å². The van der Waals surface area contributed by atoms with Crippen molar-refractivity contribution in [3.05, 3.63) is 47.6 Å². The molecular weight excluding hydrogens is 339 g/mol. The van der Waals surface area contributed by atoms with E-state index in [0.29, 0.717) is 0 Å². The normalized spacial score (nSPS) is 13.8. The quantitative estimate of drug-likeness (QED) is 0.592. The molecule has 0 amide bonds. The maximum Gasteiger partial charge on any atom is -1.00 e. The zero-order valence-electron chi connectivity index (χ0n) is 13.3. The molecule has 0 saturated carbocycles. The van der Waals surface area contributed by atoms with Gasteiger partial charge in [-0.25, -0.2) is 0 Å². The maximum absolute atomic E-state index is 5.95. The molecule has 1 nitrogen and oxygen atoms in total. The van der Waals surface area contributed by atoms with E-state index in [9.17, 15) is 0 Å². The third kappa shape index (κ3) is 4.98. The summed E-state index contributed by atoms with van der Waals surface area (Å²) in [6.07, 6.45) is 5.67. The molecular formula is C17H23Cl2OTi. The summed E-state index contributed by atoms with van der Waals surface area (Å²) < 4.78 is 7.67. The minimum atomic E-state index is -1.75. The van der Waals surface area contributed by atoms with Gasteiger partial charge >= 0.3 is 124 Å². The van der Waals surface area contributed by atoms with Crippen LogP contribution < -0.4 is 28.7 Å². The average molecular weight is 362 g/mol. The SMILES string of the molecule is C[O][Ti+2]([c]1ccccc1C1=CC(C)=CC1)[C](C)(C)C.[Cl-].[Cl-]. The second-order valence-corrected chi connectivity index (χ2v) is 11.0. The van der Waals surface area contributed by atoms with Crippen molar-refractivity contribution >= 4 is 9.44 Å². The summed E-state index contributed by atoms with van der Waals surface area (Å²) >= 11 is -1.75. The zero-order valence-corrected chi connectivity index (χ0v) is 16.4. The molecule has 0 radical (unpaired) electrons. The van der Waals surface area contributed by atoms with Gasteiger partial charge in [0, 0.05) is 0 Å². The van der Waals surface area contributed by atoms with E-state index in [-0.39, 0.29) is 28.5 Å². The van der Waals surface area contributed by atoms with Crippen molar-refractivity contribution in [1.82, 2.24) is 0 Å². The number of benzene rings is 1. The van der Waals surface area contributed by atoms with Crippen LogP contribution in [0.15, 0.2) is 42.0 Å². The molecule has 1 aromatic rings. The summed E-state index contributed by atoms with van der Waals surface area (Å²) in [6, 6.07) is 8.81. The number of hydrogen-bond acceptors (Lipinski definition) is 1. The van der Waals surface area contributed by atoms with E-state index in [4.69, 9.17) is 3.32 Å². The van der Waals surface area contributed by atoms with E-state index < -0.39 is 18.3 Å². The third-order valence-electron chi connectivity index (χ3n) is 3.45. The Morgan fingerprint density at radius 3 is 2.19 bits per heavy atom. The van der Waals surface area contributed by atoms with Gasteiger partial charge in [0.15, 0.2) is 0 Å². The maximum atomic E-state index is 5.95. The van der Waals surface area contributed by atoms with Crippen molar-refractivity contribution in [2.45, 2.75) is 37.8 Å². The Bertz CT molecular complexity index is 530. The molecule has 0 aliphatic heterocycles. The Morgan fingerprint density at radius 2 is 1.71 bits per heavy atom. The summed E-state index contributed by atoms with van der Waals surface area (Å²) in [5, 5.41) is 0. The van der Waals surface area contributed by atoms with Crippen molar-refractivity contribution in [2.24, 2.45) is 0 Å². The Kier molecular flexibility index (Phi) is 8.53. The Labute approximate surface area is 148 Å². The van der Waals surface area contributed by atoms with Gasteiger partial charge in [0.2, 0.25) is 0 Å². The van der Waals surface area contributed by atoms with Gasteiger partial charge in [0.05, 0.1) is 0 Å². The second kappa shape index (κ2) is 8.55. The van der Waals surface area contributed by atoms with Crippen LogP contribution >= 0.6 is 0 Å². The van der Waals surface area contributed by atoms with E-state index in [1.807, 2.05) is 7.11 Å². The Morgan fingerprint density at radius 1 is 1.10 bits per heavy atom. The van der Waals surface area contributed by atoms with Crippen molar-refractivity contribution in [3.63, 3.8) is 0 Å². The van der Waals surface area contributed by atoms with Gasteiger partial charge in [-0.2, -0.15) is 0 Å². The van der Waals surface area contributed by atoms with Crippen LogP contribution in [0.25, 0.3) is 5.57 Å². The number of allylic oxidation sites excluding steroid dienone is 4. The van der Waals surface area contributed by atoms with E-state index in [0.717, 1.165) is 6.42 Å². The number of rotatable bonds is 3. The molecule has 21 heavy (non-hydrogen) atoms. The molecule has 1 aromatic carbocycles. The molecule has 0 bridgehead atoms. The molecule has 0 N–H and O–H groups in total. The summed E-state index contributed by atoms with van der Waals surface area (Å²) in [5.41, 5.74) is 4.22. The van der Waals surface area contributed by atoms with Gasteiger partial charge in [-0.3, -0.25) is 0 Å². The minimum absolute atomic E-state index is 0. The van der Waals surface area contributed by atoms with Crippen LogP contribution in [0.1, 0.15) is 39.7 Å². The van der Waals surface area contributed by atoms with E-state index in [1.165, 1.54) is 20.6 Å². The first-order chi connectivity index (χ1) is 8.93. The summed E-state index contributed by atoms with van der Waals surface area (Å²) in [4.78, 5) is 0. The van der Waals surface area contributed by atoms with Crippen molar-refractivity contribution in [3.8, 4) is 0 Å². The van der Waals surface area contributed by atoms with Gasteiger partial charge in [-0.1, -0.05) is 0 Å². The fourth-order valence-corrected chi connectivity index (χ4v) is 6.34. The van der Waals surface area contributed by atoms with Gasteiger partial charge in [-0.15, -0.1) is 0 Å². The smallest absolute Gasteiger partial charge is 1.00 e. The van der Waals surface area contributed by atoms with Crippen LogP contribution in [0.3, 0.4) is 0 Å². The standard InChI is InChI=1S/C12H11.C4H9.CH3O.2ClH.Ti/c1-10-7-8-12(9-10)11-5-3-2-4-6-11;1-4(2)3;1-2;;;/h2-5,7,9H,8H2,1H3;1-3H3;1H3;2*1H;/q;;-1;;;+3/p-2. The molecule has 0 aromatic heterocycles. The van der Waals surface area contributed by atoms with Crippen LogP contribution in [-0.2, 0) is 21.6 Å². The molecule has 2 rings (SSSR count).